The first-order chi connectivity index (χ1) is 8.95. The molecule has 1 aromatic carbocycles. The van der Waals surface area contributed by atoms with Gasteiger partial charge in [-0.1, -0.05) is 32.4 Å². The van der Waals surface area contributed by atoms with Crippen molar-refractivity contribution in [2.45, 2.75) is 26.3 Å². The second-order valence-electron chi connectivity index (χ2n) is 4.28. The molecule has 2 atom stereocenters. The fraction of sp³-hybridized carbons (Fsp3) is 0.385. The van der Waals surface area contributed by atoms with Crippen molar-refractivity contribution < 1.29 is 19.1 Å². The number of amides is 2. The van der Waals surface area contributed by atoms with Crippen molar-refractivity contribution in [1.82, 2.24) is 5.32 Å². The Bertz CT molecular complexity index is 465. The molecule has 5 nitrogen and oxygen atoms in total. The molecule has 0 aliphatic carbocycles. The maximum Gasteiger partial charge on any atom is 0.326 e. The average molecular weight is 268 g/mol. The number of carboxylic acids is 1. The third-order valence-electron chi connectivity index (χ3n) is 2.89. The van der Waals surface area contributed by atoms with Crippen LogP contribution in [0.15, 0.2) is 24.3 Å². The molecule has 0 aliphatic heterocycles. The van der Waals surface area contributed by atoms with Crippen LogP contribution in [0.2, 0.25) is 0 Å². The molecular formula is C13H17FN2O3. The first-order valence-corrected chi connectivity index (χ1v) is 6.00. The number of rotatable bonds is 5. The Kier molecular flexibility index (Phi) is 5.29. The summed E-state index contributed by atoms with van der Waals surface area (Å²) in [6.45, 7) is 3.55. The van der Waals surface area contributed by atoms with Gasteiger partial charge in [-0.15, -0.1) is 0 Å². The number of carbonyl (C=O) groups is 2. The Labute approximate surface area is 110 Å². The van der Waals surface area contributed by atoms with Crippen molar-refractivity contribution in [3.8, 4) is 0 Å². The summed E-state index contributed by atoms with van der Waals surface area (Å²) in [5.74, 6) is -1.91. The largest absolute Gasteiger partial charge is 0.480 e. The van der Waals surface area contributed by atoms with Crippen LogP contribution in [0.25, 0.3) is 0 Å². The molecule has 104 valence electrons. The number of anilines is 1. The minimum atomic E-state index is -1.11. The van der Waals surface area contributed by atoms with Gasteiger partial charge in [-0.3, -0.25) is 0 Å². The number of nitrogens with one attached hydrogen (secondary N) is 2. The maximum atomic E-state index is 13.3. The Morgan fingerprint density at radius 1 is 1.37 bits per heavy atom. The van der Waals surface area contributed by atoms with Crippen LogP contribution < -0.4 is 10.6 Å². The molecule has 0 bridgehead atoms. The second kappa shape index (κ2) is 6.72. The van der Waals surface area contributed by atoms with Gasteiger partial charge in [-0.05, 0) is 18.1 Å². The van der Waals surface area contributed by atoms with E-state index in [0.717, 1.165) is 0 Å². The Morgan fingerprint density at radius 2 is 2.00 bits per heavy atom. The van der Waals surface area contributed by atoms with Crippen molar-refractivity contribution >= 4 is 17.7 Å². The summed E-state index contributed by atoms with van der Waals surface area (Å²) in [5, 5.41) is 13.6. The first-order valence-electron chi connectivity index (χ1n) is 6.00. The Morgan fingerprint density at radius 3 is 2.53 bits per heavy atom. The lowest BCUT2D eigenvalue weighted by Crippen LogP contribution is -2.46. The summed E-state index contributed by atoms with van der Waals surface area (Å²) in [6.07, 6.45) is 0.608. The van der Waals surface area contributed by atoms with Crippen LogP contribution in [0.1, 0.15) is 20.3 Å². The Balaban J connectivity index is 2.68. The van der Waals surface area contributed by atoms with E-state index in [4.69, 9.17) is 5.11 Å². The van der Waals surface area contributed by atoms with Gasteiger partial charge in [-0.2, -0.15) is 0 Å². The van der Waals surface area contributed by atoms with E-state index < -0.39 is 23.9 Å². The summed E-state index contributed by atoms with van der Waals surface area (Å²) >= 11 is 0. The number of hydrogen-bond donors (Lipinski definition) is 3. The molecule has 0 saturated heterocycles. The highest BCUT2D eigenvalue weighted by Gasteiger charge is 2.25. The topological polar surface area (TPSA) is 78.4 Å². The zero-order chi connectivity index (χ0) is 14.4. The number of benzene rings is 1. The summed E-state index contributed by atoms with van der Waals surface area (Å²) in [6, 6.07) is 3.93. The van der Waals surface area contributed by atoms with E-state index in [1.165, 1.54) is 18.2 Å². The fourth-order valence-electron chi connectivity index (χ4n) is 1.55. The third-order valence-corrected chi connectivity index (χ3v) is 2.89. The number of carboxylic acid groups (broad SMARTS) is 1. The molecule has 2 amide bonds. The van der Waals surface area contributed by atoms with Gasteiger partial charge >= 0.3 is 12.0 Å². The van der Waals surface area contributed by atoms with Crippen LogP contribution in [0.5, 0.6) is 0 Å². The van der Waals surface area contributed by atoms with Gasteiger partial charge in [0.2, 0.25) is 0 Å². The molecule has 0 heterocycles. The van der Waals surface area contributed by atoms with Crippen molar-refractivity contribution in [1.29, 1.82) is 0 Å². The molecule has 0 aromatic heterocycles. The van der Waals surface area contributed by atoms with E-state index in [1.807, 2.05) is 6.92 Å². The number of halogens is 1. The van der Waals surface area contributed by atoms with Crippen molar-refractivity contribution in [3.63, 3.8) is 0 Å². The van der Waals surface area contributed by atoms with Gasteiger partial charge in [-0.25, -0.2) is 14.0 Å². The molecule has 19 heavy (non-hydrogen) atoms. The number of urea groups is 1. The van der Waals surface area contributed by atoms with Gasteiger partial charge in [0.15, 0.2) is 0 Å². The standard InChI is InChI=1S/C13H17FN2O3/c1-3-8(2)11(12(17)18)16-13(19)15-10-7-5-4-6-9(10)14/h4-8,11H,3H2,1-2H3,(H,17,18)(H2,15,16,19)/t8?,11-/m0/s1. The SMILES string of the molecule is CCC(C)[C@H](NC(=O)Nc1ccccc1F)C(=O)O. The van der Waals surface area contributed by atoms with E-state index in [1.54, 1.807) is 13.0 Å². The average Bonchev–Trinajstić information content (AvgIpc) is 2.37. The maximum absolute atomic E-state index is 13.3. The molecular weight excluding hydrogens is 251 g/mol. The van der Waals surface area contributed by atoms with Crippen LogP contribution in [0.4, 0.5) is 14.9 Å². The summed E-state index contributed by atoms with van der Waals surface area (Å²) < 4.78 is 13.3. The van der Waals surface area contributed by atoms with Gasteiger partial charge < -0.3 is 15.7 Å². The van der Waals surface area contributed by atoms with Crippen LogP contribution in [-0.2, 0) is 4.79 Å². The van der Waals surface area contributed by atoms with Gasteiger partial charge in [0.05, 0.1) is 5.69 Å². The van der Waals surface area contributed by atoms with E-state index in [2.05, 4.69) is 10.6 Å². The molecule has 6 heteroatoms. The first kappa shape index (κ1) is 14.9. The zero-order valence-electron chi connectivity index (χ0n) is 10.8. The lowest BCUT2D eigenvalue weighted by Gasteiger charge is -2.20. The third kappa shape index (κ3) is 4.24. The van der Waals surface area contributed by atoms with E-state index >= 15 is 0 Å². The minimum Gasteiger partial charge on any atom is -0.480 e. The van der Waals surface area contributed by atoms with Gasteiger partial charge in [0, 0.05) is 0 Å². The summed E-state index contributed by atoms with van der Waals surface area (Å²) in [4.78, 5) is 22.7. The summed E-state index contributed by atoms with van der Waals surface area (Å²) in [7, 11) is 0. The number of carbonyl (C=O) groups excluding carboxylic acids is 1. The molecule has 0 aliphatic rings. The summed E-state index contributed by atoms with van der Waals surface area (Å²) in [5.41, 5.74) is 0.00768. The molecule has 1 unspecified atom stereocenters. The normalized spacial score (nSPS) is 13.4. The molecule has 1 rings (SSSR count). The van der Waals surface area contributed by atoms with Crippen LogP contribution >= 0.6 is 0 Å². The monoisotopic (exact) mass is 268 g/mol. The highest BCUT2D eigenvalue weighted by molar-refractivity contribution is 5.92. The molecule has 0 fully saturated rings. The van der Waals surface area contributed by atoms with Gasteiger partial charge in [0.25, 0.3) is 0 Å². The lowest BCUT2D eigenvalue weighted by atomic mass is 9.99. The van der Waals surface area contributed by atoms with Crippen LogP contribution in [0, 0.1) is 11.7 Å². The smallest absolute Gasteiger partial charge is 0.326 e. The van der Waals surface area contributed by atoms with Crippen molar-refractivity contribution in [3.05, 3.63) is 30.1 Å². The van der Waals surface area contributed by atoms with E-state index in [9.17, 15) is 14.0 Å². The molecule has 3 N–H and O–H groups in total. The van der Waals surface area contributed by atoms with Crippen molar-refractivity contribution in [2.24, 2.45) is 5.92 Å². The van der Waals surface area contributed by atoms with E-state index in [-0.39, 0.29) is 11.6 Å². The molecule has 0 spiro atoms. The number of para-hydroxylation sites is 1. The second-order valence-corrected chi connectivity index (χ2v) is 4.28. The van der Waals surface area contributed by atoms with E-state index in [0.29, 0.717) is 6.42 Å². The molecule has 0 saturated carbocycles. The lowest BCUT2D eigenvalue weighted by molar-refractivity contribution is -0.140. The Hall–Kier alpha value is -2.11. The molecule has 0 radical (unpaired) electrons. The van der Waals surface area contributed by atoms with Crippen molar-refractivity contribution in [2.75, 3.05) is 5.32 Å². The fourth-order valence-corrected chi connectivity index (χ4v) is 1.55. The predicted molar refractivity (Wildman–Crippen MR) is 69.4 cm³/mol. The van der Waals surface area contributed by atoms with Crippen LogP contribution in [-0.4, -0.2) is 23.1 Å². The number of aliphatic carboxylic acids is 1. The molecule has 1 aromatic rings. The van der Waals surface area contributed by atoms with Crippen LogP contribution in [0.3, 0.4) is 0 Å². The quantitative estimate of drug-likeness (QED) is 0.767. The highest BCUT2D eigenvalue weighted by Crippen LogP contribution is 2.13. The predicted octanol–water partition coefficient (Wildman–Crippen LogP) is 2.45. The zero-order valence-corrected chi connectivity index (χ0v) is 10.8. The highest BCUT2D eigenvalue weighted by atomic mass is 19.1. The minimum absolute atomic E-state index is 0.00768. The van der Waals surface area contributed by atoms with Gasteiger partial charge in [0.1, 0.15) is 11.9 Å². The number of hydrogen-bond acceptors (Lipinski definition) is 2.